The monoisotopic (exact) mass is 424 g/mol. The lowest BCUT2D eigenvalue weighted by Crippen LogP contribution is -2.63. The molecular formula is C23H32N6O2. The number of likely N-dealkylation sites (N-methyl/N-ethyl adjacent to an activating group) is 1. The minimum Gasteiger partial charge on any atom is -0.348 e. The van der Waals surface area contributed by atoms with Crippen molar-refractivity contribution in [3.8, 4) is 0 Å². The summed E-state index contributed by atoms with van der Waals surface area (Å²) in [5, 5.41) is 10.6. The fourth-order valence-corrected chi connectivity index (χ4v) is 5.52. The van der Waals surface area contributed by atoms with Crippen LogP contribution in [0, 0.1) is 12.8 Å². The van der Waals surface area contributed by atoms with Crippen LogP contribution in [0.15, 0.2) is 36.5 Å². The zero-order chi connectivity index (χ0) is 22.2. The van der Waals surface area contributed by atoms with E-state index >= 15 is 0 Å². The van der Waals surface area contributed by atoms with Crippen LogP contribution in [0.1, 0.15) is 30.6 Å². The van der Waals surface area contributed by atoms with Crippen molar-refractivity contribution in [2.75, 3.05) is 38.5 Å². The molecule has 1 aromatic heterocycles. The van der Waals surface area contributed by atoms with Crippen LogP contribution in [-0.4, -0.2) is 70.2 Å². The molecule has 2 amide bonds. The Morgan fingerprint density at radius 3 is 2.58 bits per heavy atom. The molecule has 0 unspecified atom stereocenters. The molecule has 31 heavy (non-hydrogen) atoms. The van der Waals surface area contributed by atoms with Crippen LogP contribution in [0.3, 0.4) is 0 Å². The van der Waals surface area contributed by atoms with Crippen LogP contribution < -0.4 is 10.6 Å². The van der Waals surface area contributed by atoms with Crippen molar-refractivity contribution < 1.29 is 9.59 Å². The first-order valence-corrected chi connectivity index (χ1v) is 10.8. The zero-order valence-corrected chi connectivity index (χ0v) is 18.8. The van der Waals surface area contributed by atoms with E-state index in [9.17, 15) is 9.59 Å². The molecule has 0 aliphatic carbocycles. The lowest BCUT2D eigenvalue weighted by molar-refractivity contribution is -0.122. The molecule has 2 aromatic rings. The van der Waals surface area contributed by atoms with Crippen molar-refractivity contribution in [3.05, 3.63) is 47.8 Å². The Morgan fingerprint density at radius 2 is 1.94 bits per heavy atom. The predicted octanol–water partition coefficient (Wildman–Crippen LogP) is 1.55. The average molecular weight is 425 g/mol. The van der Waals surface area contributed by atoms with Gasteiger partial charge in [0.15, 0.2) is 0 Å². The Balaban J connectivity index is 1.63. The lowest BCUT2D eigenvalue weighted by Gasteiger charge is -2.44. The van der Waals surface area contributed by atoms with Gasteiger partial charge >= 0.3 is 0 Å². The van der Waals surface area contributed by atoms with Gasteiger partial charge in [0.1, 0.15) is 0 Å². The summed E-state index contributed by atoms with van der Waals surface area (Å²) in [5.74, 6) is 0.148. The molecule has 2 aliphatic rings. The third-order valence-electron chi connectivity index (χ3n) is 6.54. The molecule has 4 rings (SSSR count). The Labute approximate surface area is 183 Å². The maximum atomic E-state index is 13.0. The van der Waals surface area contributed by atoms with E-state index in [4.69, 9.17) is 0 Å². The molecule has 0 saturated carbocycles. The number of nitrogens with one attached hydrogen (secondary N) is 2. The molecule has 1 aromatic carbocycles. The zero-order valence-electron chi connectivity index (χ0n) is 18.8. The highest BCUT2D eigenvalue weighted by Crippen LogP contribution is 2.47. The Morgan fingerprint density at radius 1 is 1.19 bits per heavy atom. The summed E-state index contributed by atoms with van der Waals surface area (Å²) in [4.78, 5) is 29.7. The van der Waals surface area contributed by atoms with Gasteiger partial charge in [-0.15, -0.1) is 0 Å². The van der Waals surface area contributed by atoms with Gasteiger partial charge in [-0.3, -0.25) is 19.2 Å². The first-order chi connectivity index (χ1) is 14.8. The smallest absolute Gasteiger partial charge is 0.238 e. The number of fused-ring (bicyclic) bond motifs is 1. The van der Waals surface area contributed by atoms with E-state index in [1.54, 1.807) is 11.6 Å². The van der Waals surface area contributed by atoms with Gasteiger partial charge in [0, 0.05) is 45.2 Å². The topological polar surface area (TPSA) is 82.5 Å². The highest BCUT2D eigenvalue weighted by atomic mass is 16.2. The lowest BCUT2D eigenvalue weighted by atomic mass is 9.76. The third-order valence-corrected chi connectivity index (χ3v) is 6.54. The Bertz CT molecular complexity index is 958. The summed E-state index contributed by atoms with van der Waals surface area (Å²) >= 11 is 0. The van der Waals surface area contributed by atoms with E-state index in [0.29, 0.717) is 6.54 Å². The molecule has 0 spiro atoms. The standard InChI is InChI=1S/C23H32N6O2/c1-16-20(12-28(4)26-16)24-21(31)13-29-15-23(25-17(2)30)14-27(3)11-10-19(23)22(29)18-8-6-5-7-9-18/h5-9,12,19,22H,10-11,13-15H2,1-4H3,(H,24,31)(H,25,30)/t19-,22-,23-/m1/s1. The van der Waals surface area contributed by atoms with Crippen molar-refractivity contribution in [1.82, 2.24) is 24.9 Å². The number of amides is 2. The number of hydrogen-bond donors (Lipinski definition) is 2. The number of benzene rings is 1. The second-order valence-electron chi connectivity index (χ2n) is 9.08. The first-order valence-electron chi connectivity index (χ1n) is 10.8. The molecule has 0 bridgehead atoms. The largest absolute Gasteiger partial charge is 0.348 e. The maximum Gasteiger partial charge on any atom is 0.238 e. The van der Waals surface area contributed by atoms with E-state index in [1.807, 2.05) is 38.4 Å². The maximum absolute atomic E-state index is 13.0. The van der Waals surface area contributed by atoms with Crippen molar-refractivity contribution in [2.45, 2.75) is 31.8 Å². The van der Waals surface area contributed by atoms with Crippen molar-refractivity contribution >= 4 is 17.5 Å². The number of anilines is 1. The van der Waals surface area contributed by atoms with Crippen molar-refractivity contribution in [3.63, 3.8) is 0 Å². The van der Waals surface area contributed by atoms with E-state index in [1.165, 1.54) is 5.56 Å². The van der Waals surface area contributed by atoms with Crippen LogP contribution in [0.2, 0.25) is 0 Å². The summed E-state index contributed by atoms with van der Waals surface area (Å²) in [6.45, 7) is 6.12. The number of hydrogen-bond acceptors (Lipinski definition) is 5. The number of carbonyl (C=O) groups excluding carboxylic acids is 2. The van der Waals surface area contributed by atoms with Crippen molar-refractivity contribution in [1.29, 1.82) is 0 Å². The number of rotatable bonds is 5. The van der Waals surface area contributed by atoms with Gasteiger partial charge in [-0.05, 0) is 32.5 Å². The molecule has 0 radical (unpaired) electrons. The molecule has 2 fully saturated rings. The van der Waals surface area contributed by atoms with Gasteiger partial charge in [-0.1, -0.05) is 30.3 Å². The van der Waals surface area contributed by atoms with Crippen LogP contribution >= 0.6 is 0 Å². The van der Waals surface area contributed by atoms with Gasteiger partial charge in [-0.2, -0.15) is 5.10 Å². The molecule has 2 N–H and O–H groups in total. The number of carbonyl (C=O) groups is 2. The predicted molar refractivity (Wildman–Crippen MR) is 119 cm³/mol. The summed E-state index contributed by atoms with van der Waals surface area (Å²) in [6.07, 6.45) is 2.79. The fraction of sp³-hybridized carbons (Fsp3) is 0.522. The summed E-state index contributed by atoms with van der Waals surface area (Å²) in [7, 11) is 3.94. The highest BCUT2D eigenvalue weighted by molar-refractivity contribution is 5.92. The molecule has 8 heteroatoms. The number of piperidine rings is 1. The quantitative estimate of drug-likeness (QED) is 0.761. The minimum atomic E-state index is -0.371. The molecule has 2 saturated heterocycles. The second-order valence-corrected chi connectivity index (χ2v) is 9.08. The summed E-state index contributed by atoms with van der Waals surface area (Å²) in [5.41, 5.74) is 2.34. The molecule has 166 valence electrons. The average Bonchev–Trinajstić information content (AvgIpc) is 3.16. The van der Waals surface area contributed by atoms with Gasteiger partial charge in [0.05, 0.1) is 23.5 Å². The molecule has 8 nitrogen and oxygen atoms in total. The first kappa shape index (κ1) is 21.5. The number of nitrogens with zero attached hydrogens (tertiary/aromatic N) is 4. The van der Waals surface area contributed by atoms with Gasteiger partial charge in [0.25, 0.3) is 0 Å². The van der Waals surface area contributed by atoms with Crippen molar-refractivity contribution in [2.24, 2.45) is 13.0 Å². The minimum absolute atomic E-state index is 0.0237. The Kier molecular flexibility index (Phi) is 5.85. The fourth-order valence-electron chi connectivity index (χ4n) is 5.52. The normalized spacial score (nSPS) is 26.5. The van der Waals surface area contributed by atoms with Gasteiger partial charge in [-0.25, -0.2) is 0 Å². The Hall–Kier alpha value is -2.71. The van der Waals surface area contributed by atoms with E-state index < -0.39 is 0 Å². The van der Waals surface area contributed by atoms with E-state index in [2.05, 4.69) is 44.7 Å². The number of aromatic nitrogens is 2. The molecule has 2 aliphatic heterocycles. The van der Waals surface area contributed by atoms with E-state index in [-0.39, 0.29) is 35.9 Å². The SMILES string of the molecule is CC(=O)N[C@@]12CN(C)CC[C@@H]1[C@@H](c1ccccc1)N(CC(=O)Nc1cn(C)nc1C)C2. The van der Waals surface area contributed by atoms with Crippen LogP contribution in [0.5, 0.6) is 0 Å². The number of likely N-dealkylation sites (tertiary alicyclic amines) is 2. The van der Waals surface area contributed by atoms with Gasteiger partial charge < -0.3 is 15.5 Å². The van der Waals surface area contributed by atoms with Crippen LogP contribution in [-0.2, 0) is 16.6 Å². The second kappa shape index (κ2) is 8.43. The molecule has 3 atom stereocenters. The summed E-state index contributed by atoms with van der Waals surface area (Å²) < 4.78 is 1.70. The summed E-state index contributed by atoms with van der Waals surface area (Å²) in [6, 6.07) is 10.4. The highest BCUT2D eigenvalue weighted by Gasteiger charge is 2.55. The molecule has 3 heterocycles. The van der Waals surface area contributed by atoms with Crippen LogP contribution in [0.25, 0.3) is 0 Å². The third kappa shape index (κ3) is 4.36. The number of aryl methyl sites for hydroxylation is 2. The van der Waals surface area contributed by atoms with E-state index in [0.717, 1.165) is 30.9 Å². The van der Waals surface area contributed by atoms with Gasteiger partial charge in [0.2, 0.25) is 11.8 Å². The molecular weight excluding hydrogens is 392 g/mol. The van der Waals surface area contributed by atoms with Crippen LogP contribution in [0.4, 0.5) is 5.69 Å².